The summed E-state index contributed by atoms with van der Waals surface area (Å²) >= 11 is 6.48. The largest absolute Gasteiger partial charge is 0.496 e. The van der Waals surface area contributed by atoms with Gasteiger partial charge in [0.2, 0.25) is 5.91 Å². The van der Waals surface area contributed by atoms with Gasteiger partial charge in [0.15, 0.2) is 0 Å². The van der Waals surface area contributed by atoms with Crippen LogP contribution in [0.25, 0.3) is 0 Å². The number of aromatic nitrogens is 1. The minimum Gasteiger partial charge on any atom is -0.496 e. The number of rotatable bonds is 17. The van der Waals surface area contributed by atoms with E-state index in [1.165, 1.54) is 5.56 Å². The first-order valence-corrected chi connectivity index (χ1v) is 15.6. The van der Waals surface area contributed by atoms with E-state index < -0.39 is 17.4 Å². The molecule has 1 fully saturated rings. The highest BCUT2D eigenvalue weighted by Crippen LogP contribution is 2.54. The predicted octanol–water partition coefficient (Wildman–Crippen LogP) is 4.84. The number of nitrogens with one attached hydrogen (secondary N) is 2. The maximum Gasteiger partial charge on any atom is 0.326 e. The standard InChI is InChI=1S/C32H45ClN4O5/c1-4-42-21-22(2)37(19-6-5-10-24-14-13-23-9-8-18-34-29(23)35-24)20-15-26(30(38)39)36-31(40)32(16-17-32)28-25(33)11-7-12-27(28)41-3/h7,11-14,22,26H,4-6,8-10,15-21H2,1-3H3,(H,34,35)(H,36,40)(H,38,39)/t22-,26+/m1/s1. The molecule has 1 aromatic carbocycles. The first-order chi connectivity index (χ1) is 20.3. The fraction of sp³-hybridized carbons (Fsp3) is 0.594. The Labute approximate surface area is 254 Å². The van der Waals surface area contributed by atoms with Crippen LogP contribution in [0.2, 0.25) is 5.02 Å². The summed E-state index contributed by atoms with van der Waals surface area (Å²) in [4.78, 5) is 32.8. The molecule has 1 amide bonds. The maximum atomic E-state index is 13.5. The highest BCUT2D eigenvalue weighted by molar-refractivity contribution is 6.32. The van der Waals surface area contributed by atoms with Crippen LogP contribution in [0.5, 0.6) is 5.75 Å². The molecule has 42 heavy (non-hydrogen) atoms. The lowest BCUT2D eigenvalue weighted by molar-refractivity contribution is -0.142. The molecule has 2 heterocycles. The second-order valence-electron chi connectivity index (χ2n) is 11.4. The topological polar surface area (TPSA) is 113 Å². The average Bonchev–Trinajstić information content (AvgIpc) is 3.80. The third kappa shape index (κ3) is 7.94. The number of carbonyl (C=O) groups excluding carboxylic acids is 1. The quantitative estimate of drug-likeness (QED) is 0.221. The fourth-order valence-electron chi connectivity index (χ4n) is 5.78. The first kappa shape index (κ1) is 32.0. The van der Waals surface area contributed by atoms with Crippen LogP contribution < -0.4 is 15.4 Å². The third-order valence-corrected chi connectivity index (χ3v) is 8.75. The highest BCUT2D eigenvalue weighted by atomic mass is 35.5. The molecule has 10 heteroatoms. The summed E-state index contributed by atoms with van der Waals surface area (Å²) in [7, 11) is 1.54. The van der Waals surface area contributed by atoms with Crippen molar-refractivity contribution in [3.63, 3.8) is 0 Å². The number of carbonyl (C=O) groups is 2. The SMILES string of the molecule is CCOC[C@@H](C)N(CCCCc1ccc2c(n1)NCCC2)CC[C@H](NC(=O)C1(c2c(Cl)cccc2OC)CC1)C(=O)O. The van der Waals surface area contributed by atoms with Crippen molar-refractivity contribution in [2.75, 3.05) is 45.3 Å². The number of hydrogen-bond donors (Lipinski definition) is 3. The number of carboxylic acid groups (broad SMARTS) is 1. The summed E-state index contributed by atoms with van der Waals surface area (Å²) in [5, 5.41) is 16.7. The number of aryl methyl sites for hydroxylation is 2. The predicted molar refractivity (Wildman–Crippen MR) is 165 cm³/mol. The van der Waals surface area contributed by atoms with E-state index >= 15 is 0 Å². The maximum absolute atomic E-state index is 13.5. The molecule has 0 radical (unpaired) electrons. The second kappa shape index (κ2) is 15.0. The van der Waals surface area contributed by atoms with Gasteiger partial charge in [-0.3, -0.25) is 9.69 Å². The van der Waals surface area contributed by atoms with Gasteiger partial charge in [-0.15, -0.1) is 0 Å². The van der Waals surface area contributed by atoms with Gasteiger partial charge in [0, 0.05) is 42.0 Å². The molecular formula is C32H45ClN4O5. The van der Waals surface area contributed by atoms with Crippen LogP contribution in [0.1, 0.15) is 69.2 Å². The number of carboxylic acids is 1. The zero-order chi connectivity index (χ0) is 30.1. The molecule has 4 rings (SSSR count). The van der Waals surface area contributed by atoms with Crippen LogP contribution >= 0.6 is 11.6 Å². The number of anilines is 1. The number of ether oxygens (including phenoxy) is 2. The van der Waals surface area contributed by atoms with Crippen molar-refractivity contribution >= 4 is 29.3 Å². The van der Waals surface area contributed by atoms with Gasteiger partial charge in [-0.2, -0.15) is 0 Å². The summed E-state index contributed by atoms with van der Waals surface area (Å²) in [6.45, 7) is 7.56. The molecule has 3 N–H and O–H groups in total. The molecule has 9 nitrogen and oxygen atoms in total. The van der Waals surface area contributed by atoms with Crippen molar-refractivity contribution in [1.29, 1.82) is 0 Å². The minimum atomic E-state index is -1.05. The zero-order valence-electron chi connectivity index (χ0n) is 25.1. The molecule has 2 aliphatic rings. The Hall–Kier alpha value is -2.88. The van der Waals surface area contributed by atoms with Crippen LogP contribution in [0.15, 0.2) is 30.3 Å². The Morgan fingerprint density at radius 3 is 2.74 bits per heavy atom. The Bertz CT molecular complexity index is 1220. The number of pyridine rings is 1. The summed E-state index contributed by atoms with van der Waals surface area (Å²) in [6, 6.07) is 8.70. The molecule has 0 unspecified atom stereocenters. The lowest BCUT2D eigenvalue weighted by atomic mass is 9.93. The van der Waals surface area contributed by atoms with Gasteiger partial charge >= 0.3 is 5.97 Å². The van der Waals surface area contributed by atoms with Crippen molar-refractivity contribution in [1.82, 2.24) is 15.2 Å². The highest BCUT2D eigenvalue weighted by Gasteiger charge is 2.54. The molecule has 1 aliphatic heterocycles. The molecule has 1 aromatic heterocycles. The Kier molecular flexibility index (Phi) is 11.5. The number of amides is 1. The van der Waals surface area contributed by atoms with Gasteiger partial charge in [-0.05, 0) is 95.5 Å². The van der Waals surface area contributed by atoms with Gasteiger partial charge in [-0.1, -0.05) is 23.7 Å². The molecule has 230 valence electrons. The summed E-state index contributed by atoms with van der Waals surface area (Å²) < 4.78 is 11.2. The minimum absolute atomic E-state index is 0.114. The number of hydrogen-bond acceptors (Lipinski definition) is 7. The van der Waals surface area contributed by atoms with E-state index in [9.17, 15) is 14.7 Å². The molecule has 0 spiro atoms. The van der Waals surface area contributed by atoms with Crippen LogP contribution in [-0.4, -0.2) is 78.9 Å². The van der Waals surface area contributed by atoms with E-state index in [2.05, 4.69) is 34.6 Å². The van der Waals surface area contributed by atoms with Gasteiger partial charge in [0.05, 0.1) is 19.1 Å². The average molecular weight is 601 g/mol. The van der Waals surface area contributed by atoms with Crippen LogP contribution in [-0.2, 0) is 32.6 Å². The Morgan fingerprint density at radius 1 is 1.21 bits per heavy atom. The zero-order valence-corrected chi connectivity index (χ0v) is 25.8. The molecule has 1 saturated carbocycles. The number of nitrogens with zero attached hydrogens (tertiary/aromatic N) is 2. The molecular weight excluding hydrogens is 556 g/mol. The van der Waals surface area contributed by atoms with E-state index in [0.717, 1.165) is 56.7 Å². The summed E-state index contributed by atoms with van der Waals surface area (Å²) in [5.41, 5.74) is 2.15. The lowest BCUT2D eigenvalue weighted by Crippen LogP contribution is -2.48. The van der Waals surface area contributed by atoms with E-state index in [-0.39, 0.29) is 18.4 Å². The van der Waals surface area contributed by atoms with E-state index in [1.54, 1.807) is 25.3 Å². The molecule has 0 saturated heterocycles. The normalized spacial score (nSPS) is 16.7. The molecule has 1 aliphatic carbocycles. The Morgan fingerprint density at radius 2 is 2.02 bits per heavy atom. The van der Waals surface area contributed by atoms with E-state index in [1.807, 2.05) is 6.92 Å². The van der Waals surface area contributed by atoms with Crippen molar-refractivity contribution in [2.45, 2.75) is 82.7 Å². The fourth-order valence-corrected chi connectivity index (χ4v) is 6.13. The number of benzene rings is 1. The number of halogens is 1. The van der Waals surface area contributed by atoms with Crippen LogP contribution in [0.4, 0.5) is 5.82 Å². The van der Waals surface area contributed by atoms with Crippen molar-refractivity contribution < 1.29 is 24.2 Å². The van der Waals surface area contributed by atoms with Gasteiger partial charge in [0.1, 0.15) is 17.6 Å². The van der Waals surface area contributed by atoms with Gasteiger partial charge < -0.3 is 25.2 Å². The number of fused-ring (bicyclic) bond motifs is 1. The van der Waals surface area contributed by atoms with Gasteiger partial charge in [-0.25, -0.2) is 9.78 Å². The lowest BCUT2D eigenvalue weighted by Gasteiger charge is -2.30. The van der Waals surface area contributed by atoms with Crippen molar-refractivity contribution in [3.8, 4) is 5.75 Å². The monoisotopic (exact) mass is 600 g/mol. The smallest absolute Gasteiger partial charge is 0.326 e. The summed E-state index contributed by atoms with van der Waals surface area (Å²) in [6.07, 6.45) is 6.51. The number of unbranched alkanes of at least 4 members (excludes halogenated alkanes) is 1. The molecule has 0 bridgehead atoms. The van der Waals surface area contributed by atoms with Crippen molar-refractivity contribution in [2.24, 2.45) is 0 Å². The van der Waals surface area contributed by atoms with Crippen LogP contribution in [0, 0.1) is 0 Å². The molecule has 2 atom stereocenters. The summed E-state index contributed by atoms with van der Waals surface area (Å²) in [5.74, 6) is 0.199. The number of methoxy groups -OCH3 is 1. The van der Waals surface area contributed by atoms with Crippen molar-refractivity contribution in [3.05, 3.63) is 52.2 Å². The third-order valence-electron chi connectivity index (χ3n) is 8.43. The van der Waals surface area contributed by atoms with Gasteiger partial charge in [0.25, 0.3) is 0 Å². The van der Waals surface area contributed by atoms with E-state index in [4.69, 9.17) is 26.1 Å². The van der Waals surface area contributed by atoms with E-state index in [0.29, 0.717) is 48.9 Å². The second-order valence-corrected chi connectivity index (χ2v) is 11.8. The number of aliphatic carboxylic acids is 1. The van der Waals surface area contributed by atoms with Crippen LogP contribution in [0.3, 0.4) is 0 Å². The molecule has 2 aromatic rings. The Balaban J connectivity index is 1.35. The first-order valence-electron chi connectivity index (χ1n) is 15.2.